The van der Waals surface area contributed by atoms with Crippen LogP contribution in [0.2, 0.25) is 0 Å². The molecular weight excluding hydrogens is 246 g/mol. The number of nitriles is 1. The zero-order valence-electron chi connectivity index (χ0n) is 12.9. The molecule has 0 aliphatic rings. The van der Waals surface area contributed by atoms with E-state index >= 15 is 0 Å². The summed E-state index contributed by atoms with van der Waals surface area (Å²) in [6.07, 6.45) is 6.95. The smallest absolute Gasteiger partial charge is 0.0650 e. The minimum atomic E-state index is -0.508. The van der Waals surface area contributed by atoms with Crippen molar-refractivity contribution in [3.05, 3.63) is 35.4 Å². The van der Waals surface area contributed by atoms with Gasteiger partial charge in [0.15, 0.2) is 0 Å². The van der Waals surface area contributed by atoms with Gasteiger partial charge in [-0.05, 0) is 43.2 Å². The van der Waals surface area contributed by atoms with Gasteiger partial charge in [-0.3, -0.25) is 0 Å². The summed E-state index contributed by atoms with van der Waals surface area (Å²) in [7, 11) is 0. The average molecular weight is 273 g/mol. The molecule has 0 bridgehead atoms. The van der Waals surface area contributed by atoms with Crippen LogP contribution in [0.5, 0.6) is 0 Å². The van der Waals surface area contributed by atoms with Crippen LogP contribution in [0, 0.1) is 11.3 Å². The number of benzene rings is 1. The highest BCUT2D eigenvalue weighted by atomic mass is 16.3. The largest absolute Gasteiger partial charge is 0.390 e. The molecule has 0 saturated heterocycles. The predicted octanol–water partition coefficient (Wildman–Crippen LogP) is 4.41. The summed E-state index contributed by atoms with van der Waals surface area (Å²) in [5, 5.41) is 19.3. The molecule has 0 aliphatic heterocycles. The van der Waals surface area contributed by atoms with E-state index in [9.17, 15) is 5.11 Å². The predicted molar refractivity (Wildman–Crippen MR) is 83.5 cm³/mol. The lowest BCUT2D eigenvalue weighted by molar-refractivity contribution is 0.0132. The first kappa shape index (κ1) is 16.7. The van der Waals surface area contributed by atoms with Crippen LogP contribution in [0.15, 0.2) is 24.3 Å². The lowest BCUT2D eigenvalue weighted by Gasteiger charge is -2.27. The van der Waals surface area contributed by atoms with Crippen molar-refractivity contribution in [2.24, 2.45) is 0 Å². The Hall–Kier alpha value is -1.33. The van der Waals surface area contributed by atoms with Gasteiger partial charge in [-0.1, -0.05) is 51.0 Å². The molecule has 0 radical (unpaired) electrons. The fourth-order valence-electron chi connectivity index (χ4n) is 2.82. The average Bonchev–Trinajstić information content (AvgIpc) is 2.44. The van der Waals surface area contributed by atoms with E-state index in [1.807, 2.05) is 0 Å². The Kier molecular flexibility index (Phi) is 7.33. The third-order valence-electron chi connectivity index (χ3n) is 3.83. The summed E-state index contributed by atoms with van der Waals surface area (Å²) >= 11 is 0. The molecule has 1 N–H and O–H groups in total. The molecule has 0 unspecified atom stereocenters. The Bertz CT molecular complexity index is 427. The molecule has 2 heteroatoms. The SMILES string of the molecule is CCCC(O)(CCC)CCc1cccc(CCC#N)c1. The van der Waals surface area contributed by atoms with Crippen molar-refractivity contribution in [3.8, 4) is 6.07 Å². The normalized spacial score (nSPS) is 11.3. The number of hydrogen-bond donors (Lipinski definition) is 1. The Morgan fingerprint density at radius 2 is 1.65 bits per heavy atom. The number of nitrogens with zero attached hydrogens (tertiary/aromatic N) is 1. The van der Waals surface area contributed by atoms with E-state index in [1.165, 1.54) is 11.1 Å². The van der Waals surface area contributed by atoms with Crippen molar-refractivity contribution in [1.82, 2.24) is 0 Å². The summed E-state index contributed by atoms with van der Waals surface area (Å²) < 4.78 is 0. The molecule has 0 saturated carbocycles. The molecule has 0 heterocycles. The van der Waals surface area contributed by atoms with Gasteiger partial charge in [0.05, 0.1) is 11.7 Å². The van der Waals surface area contributed by atoms with Gasteiger partial charge < -0.3 is 5.11 Å². The van der Waals surface area contributed by atoms with Crippen LogP contribution in [-0.2, 0) is 12.8 Å². The second-order valence-electron chi connectivity index (χ2n) is 5.70. The standard InChI is InChI=1S/C18H27NO/c1-3-11-18(20,12-4-2)13-10-17-8-5-7-16(15-17)9-6-14-19/h5,7-8,15,20H,3-4,6,9-13H2,1-2H3. The maximum atomic E-state index is 10.6. The highest BCUT2D eigenvalue weighted by molar-refractivity contribution is 5.24. The lowest BCUT2D eigenvalue weighted by atomic mass is 9.86. The maximum absolute atomic E-state index is 10.6. The fourth-order valence-corrected chi connectivity index (χ4v) is 2.82. The Labute approximate surface area is 123 Å². The summed E-state index contributed by atoms with van der Waals surface area (Å²) in [5.74, 6) is 0. The van der Waals surface area contributed by atoms with Crippen LogP contribution in [0.3, 0.4) is 0 Å². The molecule has 0 amide bonds. The molecule has 2 nitrogen and oxygen atoms in total. The first-order valence-electron chi connectivity index (χ1n) is 7.80. The van der Waals surface area contributed by atoms with Gasteiger partial charge >= 0.3 is 0 Å². The quantitative estimate of drug-likeness (QED) is 0.724. The van der Waals surface area contributed by atoms with E-state index in [0.717, 1.165) is 44.9 Å². The molecule has 20 heavy (non-hydrogen) atoms. The third-order valence-corrected chi connectivity index (χ3v) is 3.83. The summed E-state index contributed by atoms with van der Waals surface area (Å²) in [4.78, 5) is 0. The highest BCUT2D eigenvalue weighted by Gasteiger charge is 2.24. The monoisotopic (exact) mass is 273 g/mol. The van der Waals surface area contributed by atoms with Crippen molar-refractivity contribution in [1.29, 1.82) is 5.26 Å². The van der Waals surface area contributed by atoms with Gasteiger partial charge in [-0.2, -0.15) is 5.26 Å². The molecule has 1 rings (SSSR count). The van der Waals surface area contributed by atoms with Crippen molar-refractivity contribution in [2.75, 3.05) is 0 Å². The Morgan fingerprint density at radius 1 is 1.05 bits per heavy atom. The Balaban J connectivity index is 2.61. The molecule has 0 atom stereocenters. The zero-order chi connectivity index (χ0) is 14.8. The van der Waals surface area contributed by atoms with Crippen LogP contribution < -0.4 is 0 Å². The lowest BCUT2D eigenvalue weighted by Crippen LogP contribution is -2.28. The van der Waals surface area contributed by atoms with E-state index in [4.69, 9.17) is 5.26 Å². The highest BCUT2D eigenvalue weighted by Crippen LogP contribution is 2.25. The minimum absolute atomic E-state index is 0.508. The first-order chi connectivity index (χ1) is 9.63. The van der Waals surface area contributed by atoms with Crippen molar-refractivity contribution < 1.29 is 5.11 Å². The van der Waals surface area contributed by atoms with Crippen LogP contribution in [0.4, 0.5) is 0 Å². The number of hydrogen-bond acceptors (Lipinski definition) is 2. The van der Waals surface area contributed by atoms with Gasteiger partial charge in [0, 0.05) is 6.42 Å². The molecule has 1 aromatic rings. The van der Waals surface area contributed by atoms with Crippen molar-refractivity contribution in [2.45, 2.75) is 70.8 Å². The topological polar surface area (TPSA) is 44.0 Å². The molecule has 110 valence electrons. The summed E-state index contributed by atoms with van der Waals surface area (Å²) in [6, 6.07) is 10.6. The van der Waals surface area contributed by atoms with Gasteiger partial charge in [0.2, 0.25) is 0 Å². The van der Waals surface area contributed by atoms with Crippen molar-refractivity contribution in [3.63, 3.8) is 0 Å². The van der Waals surface area contributed by atoms with Gasteiger partial charge in [0.25, 0.3) is 0 Å². The molecule has 0 spiro atoms. The van der Waals surface area contributed by atoms with Crippen LogP contribution >= 0.6 is 0 Å². The molecule has 0 aliphatic carbocycles. The molecule has 1 aromatic carbocycles. The van der Waals surface area contributed by atoms with E-state index in [2.05, 4.69) is 44.2 Å². The Morgan fingerprint density at radius 3 is 2.20 bits per heavy atom. The van der Waals surface area contributed by atoms with Crippen LogP contribution in [0.25, 0.3) is 0 Å². The second-order valence-corrected chi connectivity index (χ2v) is 5.70. The number of rotatable bonds is 9. The third kappa shape index (κ3) is 5.75. The van der Waals surface area contributed by atoms with E-state index in [-0.39, 0.29) is 0 Å². The van der Waals surface area contributed by atoms with E-state index in [1.54, 1.807) is 0 Å². The van der Waals surface area contributed by atoms with Crippen LogP contribution in [-0.4, -0.2) is 10.7 Å². The zero-order valence-corrected chi connectivity index (χ0v) is 12.9. The molecular formula is C18H27NO. The molecule has 0 aromatic heterocycles. The van der Waals surface area contributed by atoms with E-state index < -0.39 is 5.60 Å². The second kappa shape index (κ2) is 8.76. The minimum Gasteiger partial charge on any atom is -0.390 e. The molecule has 0 fully saturated rings. The summed E-state index contributed by atoms with van der Waals surface area (Å²) in [5.41, 5.74) is 1.98. The van der Waals surface area contributed by atoms with Gasteiger partial charge in [0.1, 0.15) is 0 Å². The number of aliphatic hydroxyl groups is 1. The maximum Gasteiger partial charge on any atom is 0.0650 e. The van der Waals surface area contributed by atoms with Gasteiger partial charge in [-0.25, -0.2) is 0 Å². The van der Waals surface area contributed by atoms with E-state index in [0.29, 0.717) is 6.42 Å². The fraction of sp³-hybridized carbons (Fsp3) is 0.611. The summed E-state index contributed by atoms with van der Waals surface area (Å²) in [6.45, 7) is 4.26. The number of aryl methyl sites for hydroxylation is 2. The van der Waals surface area contributed by atoms with Gasteiger partial charge in [-0.15, -0.1) is 0 Å². The van der Waals surface area contributed by atoms with Crippen LogP contribution in [0.1, 0.15) is 63.5 Å². The van der Waals surface area contributed by atoms with Crippen molar-refractivity contribution >= 4 is 0 Å². The first-order valence-corrected chi connectivity index (χ1v) is 7.80.